The van der Waals surface area contributed by atoms with Gasteiger partial charge in [0.2, 0.25) is 5.88 Å². The van der Waals surface area contributed by atoms with Crippen molar-refractivity contribution in [2.75, 3.05) is 0 Å². The van der Waals surface area contributed by atoms with E-state index >= 15 is 0 Å². The maximum atomic E-state index is 12.5. The van der Waals surface area contributed by atoms with E-state index in [2.05, 4.69) is 19.8 Å². The number of nitrogens with one attached hydrogen (secondary N) is 1. The summed E-state index contributed by atoms with van der Waals surface area (Å²) in [5.41, 5.74) is 0.945. The van der Waals surface area contributed by atoms with Crippen LogP contribution in [0.3, 0.4) is 0 Å². The molecular weight excluding hydrogens is 297 g/mol. The molecule has 7 nitrogen and oxygen atoms in total. The molecule has 0 fully saturated rings. The van der Waals surface area contributed by atoms with Gasteiger partial charge in [-0.2, -0.15) is 8.78 Å². The van der Waals surface area contributed by atoms with Crippen molar-refractivity contribution in [1.82, 2.24) is 19.7 Å². The molecule has 0 unspecified atom stereocenters. The van der Waals surface area contributed by atoms with E-state index in [1.807, 2.05) is 0 Å². The highest BCUT2D eigenvalue weighted by molar-refractivity contribution is 6.60. The topological polar surface area (TPSA) is 96.2 Å². The first-order valence-corrected chi connectivity index (χ1v) is 6.29. The van der Waals surface area contributed by atoms with E-state index in [1.165, 1.54) is 17.1 Å². The summed E-state index contributed by atoms with van der Waals surface area (Å²) in [5.74, 6) is -0.302. The number of aromatic amines is 1. The number of fused-ring (bicyclic) bond motifs is 1. The van der Waals surface area contributed by atoms with Gasteiger partial charge in [-0.25, -0.2) is 4.98 Å². The molecule has 3 rings (SSSR count). The molecule has 0 radical (unpaired) electrons. The van der Waals surface area contributed by atoms with Crippen LogP contribution in [0.1, 0.15) is 0 Å². The van der Waals surface area contributed by atoms with Gasteiger partial charge in [-0.05, 0) is 12.1 Å². The maximum Gasteiger partial charge on any atom is 0.506 e. The predicted molar refractivity (Wildman–Crippen MR) is 74.8 cm³/mol. The third-order valence-electron chi connectivity index (χ3n) is 3.12. The lowest BCUT2D eigenvalue weighted by Gasteiger charge is -2.05. The molecule has 0 amide bonds. The summed E-state index contributed by atoms with van der Waals surface area (Å²) < 4.78 is 30.8. The summed E-state index contributed by atoms with van der Waals surface area (Å²) in [6, 6.07) is 3.33. The van der Waals surface area contributed by atoms with Gasteiger partial charge in [-0.3, -0.25) is 4.68 Å². The fourth-order valence-corrected chi connectivity index (χ4v) is 2.34. The molecule has 0 saturated carbocycles. The number of hydrogen-bond donors (Lipinski definition) is 3. The highest BCUT2D eigenvalue weighted by Gasteiger charge is 2.27. The minimum absolute atomic E-state index is 0.0285. The normalized spacial score (nSPS) is 11.4. The lowest BCUT2D eigenvalue weighted by Crippen LogP contribution is -2.32. The van der Waals surface area contributed by atoms with Gasteiger partial charge in [-0.15, -0.1) is 5.10 Å². The molecule has 0 aliphatic carbocycles. The van der Waals surface area contributed by atoms with Gasteiger partial charge in [0.1, 0.15) is 5.65 Å². The number of aryl methyl sites for hydroxylation is 1. The number of pyridine rings is 1. The molecule has 3 aromatic rings. The zero-order valence-corrected chi connectivity index (χ0v) is 11.4. The average Bonchev–Trinajstić information content (AvgIpc) is 2.98. The van der Waals surface area contributed by atoms with E-state index in [0.29, 0.717) is 16.6 Å². The van der Waals surface area contributed by atoms with Crippen LogP contribution in [-0.4, -0.2) is 43.5 Å². The number of ether oxygens (including phenoxy) is 1. The zero-order chi connectivity index (χ0) is 15.9. The SMILES string of the molecule is Cn1cc(-c2c(B(O)O)[nH]c3ncccc23)c(OC(F)F)n1. The van der Waals surface area contributed by atoms with Crippen molar-refractivity contribution in [2.45, 2.75) is 6.61 Å². The smallest absolute Gasteiger partial charge is 0.422 e. The largest absolute Gasteiger partial charge is 0.506 e. The molecule has 0 atom stereocenters. The number of H-pyrrole nitrogens is 1. The molecule has 0 bridgehead atoms. The van der Waals surface area contributed by atoms with Gasteiger partial charge in [-0.1, -0.05) is 0 Å². The van der Waals surface area contributed by atoms with Crippen LogP contribution in [-0.2, 0) is 7.05 Å². The van der Waals surface area contributed by atoms with E-state index in [4.69, 9.17) is 0 Å². The van der Waals surface area contributed by atoms with Gasteiger partial charge in [0.15, 0.2) is 0 Å². The van der Waals surface area contributed by atoms with E-state index in [9.17, 15) is 18.8 Å². The quantitative estimate of drug-likeness (QED) is 0.600. The first-order valence-electron chi connectivity index (χ1n) is 6.29. The Bertz CT molecular complexity index is 818. The number of nitrogens with zero attached hydrogens (tertiary/aromatic N) is 3. The van der Waals surface area contributed by atoms with Crippen molar-refractivity contribution >= 4 is 23.7 Å². The fourth-order valence-electron chi connectivity index (χ4n) is 2.34. The molecule has 3 N–H and O–H groups in total. The Balaban J connectivity index is 2.27. The minimum atomic E-state index is -3.04. The number of halogens is 2. The summed E-state index contributed by atoms with van der Waals surface area (Å²) in [7, 11) is -0.284. The van der Waals surface area contributed by atoms with Crippen molar-refractivity contribution in [3.05, 3.63) is 24.5 Å². The predicted octanol–water partition coefficient (Wildman–Crippen LogP) is 0.245. The van der Waals surface area contributed by atoms with Gasteiger partial charge < -0.3 is 19.8 Å². The molecule has 0 aliphatic rings. The second kappa shape index (κ2) is 5.39. The molecule has 0 aliphatic heterocycles. The van der Waals surface area contributed by atoms with Gasteiger partial charge >= 0.3 is 13.7 Å². The maximum absolute atomic E-state index is 12.5. The molecule has 0 aromatic carbocycles. The van der Waals surface area contributed by atoms with Crippen LogP contribution in [0.5, 0.6) is 5.88 Å². The Morgan fingerprint density at radius 2 is 2.18 bits per heavy atom. The molecular formula is C12H11BF2N4O3. The fraction of sp³-hybridized carbons (Fsp3) is 0.167. The van der Waals surface area contributed by atoms with E-state index < -0.39 is 13.7 Å². The summed E-state index contributed by atoms with van der Waals surface area (Å²) in [5, 5.41) is 23.4. The number of alkyl halides is 2. The second-order valence-corrected chi connectivity index (χ2v) is 4.59. The molecule has 3 aromatic heterocycles. The van der Waals surface area contributed by atoms with Crippen LogP contribution in [0.4, 0.5) is 8.78 Å². The van der Waals surface area contributed by atoms with Crippen LogP contribution >= 0.6 is 0 Å². The van der Waals surface area contributed by atoms with Crippen LogP contribution in [0.15, 0.2) is 24.5 Å². The molecule has 10 heteroatoms. The van der Waals surface area contributed by atoms with Crippen LogP contribution in [0.2, 0.25) is 0 Å². The Hall–Kier alpha value is -2.46. The monoisotopic (exact) mass is 308 g/mol. The number of hydrogen-bond acceptors (Lipinski definition) is 5. The van der Waals surface area contributed by atoms with Crippen molar-refractivity contribution in [1.29, 1.82) is 0 Å². The third-order valence-corrected chi connectivity index (χ3v) is 3.12. The Morgan fingerprint density at radius 1 is 1.41 bits per heavy atom. The molecule has 114 valence electrons. The summed E-state index contributed by atoms with van der Waals surface area (Å²) in [6.07, 6.45) is 2.98. The Kier molecular flexibility index (Phi) is 3.55. The Labute approximate surface area is 123 Å². The lowest BCUT2D eigenvalue weighted by atomic mass is 9.81. The lowest BCUT2D eigenvalue weighted by molar-refractivity contribution is -0.0527. The van der Waals surface area contributed by atoms with Crippen molar-refractivity contribution in [2.24, 2.45) is 7.05 Å². The van der Waals surface area contributed by atoms with E-state index in [0.717, 1.165) is 0 Å². The van der Waals surface area contributed by atoms with Crippen molar-refractivity contribution in [3.63, 3.8) is 0 Å². The Morgan fingerprint density at radius 3 is 2.86 bits per heavy atom. The highest BCUT2D eigenvalue weighted by atomic mass is 19.3. The van der Waals surface area contributed by atoms with Crippen LogP contribution < -0.4 is 10.3 Å². The van der Waals surface area contributed by atoms with E-state index in [-0.39, 0.29) is 17.0 Å². The molecule has 0 spiro atoms. The third kappa shape index (κ3) is 2.42. The summed E-state index contributed by atoms with van der Waals surface area (Å²) >= 11 is 0. The van der Waals surface area contributed by atoms with Gasteiger partial charge in [0.25, 0.3) is 0 Å². The standard InChI is InChI=1S/C12H11BF2N4O3/c1-19-5-7(11(18-19)22-12(14)15)8-6-3-2-4-16-10(6)17-9(8)13(20)21/h2-5,12,20-21H,1H3,(H,16,17). The first-order chi connectivity index (χ1) is 10.5. The molecule has 0 saturated heterocycles. The van der Waals surface area contributed by atoms with Gasteiger partial charge in [0, 0.05) is 30.4 Å². The zero-order valence-electron chi connectivity index (χ0n) is 11.4. The van der Waals surface area contributed by atoms with Gasteiger partial charge in [0.05, 0.1) is 11.2 Å². The molecule has 3 heterocycles. The van der Waals surface area contributed by atoms with E-state index in [1.54, 1.807) is 19.2 Å². The summed E-state index contributed by atoms with van der Waals surface area (Å²) in [4.78, 5) is 6.83. The first kappa shape index (κ1) is 14.5. The highest BCUT2D eigenvalue weighted by Crippen LogP contribution is 2.33. The average molecular weight is 308 g/mol. The molecule has 22 heavy (non-hydrogen) atoms. The number of rotatable bonds is 4. The summed E-state index contributed by atoms with van der Waals surface area (Å²) in [6.45, 7) is -3.04. The minimum Gasteiger partial charge on any atom is -0.422 e. The second-order valence-electron chi connectivity index (χ2n) is 4.59. The van der Waals surface area contributed by atoms with Crippen LogP contribution in [0.25, 0.3) is 22.2 Å². The van der Waals surface area contributed by atoms with Crippen molar-refractivity contribution < 1.29 is 23.6 Å². The van der Waals surface area contributed by atoms with Crippen molar-refractivity contribution in [3.8, 4) is 17.0 Å². The van der Waals surface area contributed by atoms with Crippen LogP contribution in [0, 0.1) is 0 Å². The number of aromatic nitrogens is 4.